The van der Waals surface area contributed by atoms with E-state index in [0.717, 1.165) is 30.5 Å². The lowest BCUT2D eigenvalue weighted by molar-refractivity contribution is 0.206. The van der Waals surface area contributed by atoms with E-state index in [4.69, 9.17) is 4.74 Å². The van der Waals surface area contributed by atoms with Gasteiger partial charge in [0.05, 0.1) is 12.3 Å². The molecule has 0 saturated heterocycles. The highest BCUT2D eigenvalue weighted by atomic mass is 32.1. The lowest BCUT2D eigenvalue weighted by Gasteiger charge is -2.15. The second-order valence-corrected chi connectivity index (χ2v) is 4.59. The van der Waals surface area contributed by atoms with Gasteiger partial charge in [0.25, 0.3) is 0 Å². The highest BCUT2D eigenvalue weighted by Crippen LogP contribution is 2.22. The SMILES string of the molecule is CCNC(C)c1csc(N(C)CCOC)n1. The summed E-state index contributed by atoms with van der Waals surface area (Å²) in [5.74, 6) is 0. The van der Waals surface area contributed by atoms with Gasteiger partial charge in [-0.25, -0.2) is 4.98 Å². The van der Waals surface area contributed by atoms with Crippen molar-refractivity contribution in [1.82, 2.24) is 10.3 Å². The molecule has 1 rings (SSSR count). The van der Waals surface area contributed by atoms with Crippen LogP contribution in [0.4, 0.5) is 5.13 Å². The molecule has 0 spiro atoms. The smallest absolute Gasteiger partial charge is 0.185 e. The maximum absolute atomic E-state index is 5.05. The van der Waals surface area contributed by atoms with Gasteiger partial charge >= 0.3 is 0 Å². The Bertz CT molecular complexity index is 303. The number of nitrogens with one attached hydrogen (secondary N) is 1. The summed E-state index contributed by atoms with van der Waals surface area (Å²) >= 11 is 1.68. The Hall–Kier alpha value is -0.650. The van der Waals surface area contributed by atoms with Crippen LogP contribution >= 0.6 is 11.3 Å². The molecule has 92 valence electrons. The van der Waals surface area contributed by atoms with Crippen LogP contribution < -0.4 is 10.2 Å². The molecule has 0 aliphatic carbocycles. The van der Waals surface area contributed by atoms with Crippen LogP contribution in [0.2, 0.25) is 0 Å². The molecule has 0 saturated carbocycles. The van der Waals surface area contributed by atoms with Crippen LogP contribution in [0.15, 0.2) is 5.38 Å². The van der Waals surface area contributed by atoms with Gasteiger partial charge in [-0.15, -0.1) is 11.3 Å². The molecule has 4 nitrogen and oxygen atoms in total. The number of hydrogen-bond acceptors (Lipinski definition) is 5. The number of methoxy groups -OCH3 is 1. The van der Waals surface area contributed by atoms with Gasteiger partial charge in [-0.2, -0.15) is 0 Å². The molecule has 0 aliphatic heterocycles. The van der Waals surface area contributed by atoms with Gasteiger partial charge in [-0.1, -0.05) is 6.92 Å². The fourth-order valence-electron chi connectivity index (χ4n) is 1.39. The molecule has 16 heavy (non-hydrogen) atoms. The maximum Gasteiger partial charge on any atom is 0.185 e. The Balaban J connectivity index is 2.56. The third kappa shape index (κ3) is 3.73. The molecule has 0 bridgehead atoms. The van der Waals surface area contributed by atoms with Crippen LogP contribution in [0, 0.1) is 0 Å². The predicted octanol–water partition coefficient (Wildman–Crippen LogP) is 1.90. The topological polar surface area (TPSA) is 37.4 Å². The monoisotopic (exact) mass is 243 g/mol. The number of hydrogen-bond donors (Lipinski definition) is 1. The zero-order chi connectivity index (χ0) is 12.0. The minimum absolute atomic E-state index is 0.325. The van der Waals surface area contributed by atoms with Gasteiger partial charge in [0.15, 0.2) is 5.13 Å². The van der Waals surface area contributed by atoms with Crippen molar-refractivity contribution in [2.45, 2.75) is 19.9 Å². The number of rotatable bonds is 7. The molecular formula is C11H21N3OS. The summed E-state index contributed by atoms with van der Waals surface area (Å²) in [4.78, 5) is 6.73. The third-order valence-corrected chi connectivity index (χ3v) is 3.39. The van der Waals surface area contributed by atoms with Gasteiger partial charge < -0.3 is 15.0 Å². The standard InChI is InChI=1S/C11H21N3OS/c1-5-12-9(2)10-8-16-11(13-10)14(3)6-7-15-4/h8-9,12H,5-7H2,1-4H3. The molecule has 0 aliphatic rings. The molecule has 0 radical (unpaired) electrons. The number of thiazole rings is 1. The van der Waals surface area contributed by atoms with Gasteiger partial charge in [-0.05, 0) is 13.5 Å². The summed E-state index contributed by atoms with van der Waals surface area (Å²) in [5, 5.41) is 6.53. The van der Waals surface area contributed by atoms with Crippen LogP contribution in [-0.2, 0) is 4.74 Å². The van der Waals surface area contributed by atoms with E-state index in [2.05, 4.69) is 34.4 Å². The highest BCUT2D eigenvalue weighted by Gasteiger charge is 2.11. The lowest BCUT2D eigenvalue weighted by Crippen LogP contribution is -2.22. The Labute approximate surface area is 102 Å². The number of aromatic nitrogens is 1. The van der Waals surface area contributed by atoms with E-state index in [1.54, 1.807) is 18.4 Å². The zero-order valence-electron chi connectivity index (χ0n) is 10.5. The van der Waals surface area contributed by atoms with Crippen LogP contribution in [-0.4, -0.2) is 38.8 Å². The first kappa shape index (κ1) is 13.4. The average molecular weight is 243 g/mol. The highest BCUT2D eigenvalue weighted by molar-refractivity contribution is 7.13. The largest absolute Gasteiger partial charge is 0.383 e. The second-order valence-electron chi connectivity index (χ2n) is 3.75. The van der Waals surface area contributed by atoms with Gasteiger partial charge in [0, 0.05) is 32.1 Å². The quantitative estimate of drug-likeness (QED) is 0.793. The summed E-state index contributed by atoms with van der Waals surface area (Å²) in [6.07, 6.45) is 0. The molecule has 1 atom stereocenters. The molecule has 1 unspecified atom stereocenters. The van der Waals surface area contributed by atoms with E-state index in [-0.39, 0.29) is 0 Å². The Kier molecular flexibility index (Phi) is 5.73. The molecule has 5 heteroatoms. The van der Waals surface area contributed by atoms with Crippen molar-refractivity contribution in [3.05, 3.63) is 11.1 Å². The Morgan fingerprint density at radius 1 is 1.62 bits per heavy atom. The van der Waals surface area contributed by atoms with Crippen LogP contribution in [0.25, 0.3) is 0 Å². The average Bonchev–Trinajstić information content (AvgIpc) is 2.75. The minimum atomic E-state index is 0.325. The van der Waals surface area contributed by atoms with E-state index in [1.807, 2.05) is 7.05 Å². The van der Waals surface area contributed by atoms with Crippen molar-refractivity contribution in [3.8, 4) is 0 Å². The second kappa shape index (κ2) is 6.83. The van der Waals surface area contributed by atoms with Crippen molar-refractivity contribution in [2.75, 3.05) is 38.8 Å². The fraction of sp³-hybridized carbons (Fsp3) is 0.727. The van der Waals surface area contributed by atoms with Crippen molar-refractivity contribution in [2.24, 2.45) is 0 Å². The molecule has 0 fully saturated rings. The summed E-state index contributed by atoms with van der Waals surface area (Å²) in [6.45, 7) is 6.81. The van der Waals surface area contributed by atoms with Gasteiger partial charge in [-0.3, -0.25) is 0 Å². The van der Waals surface area contributed by atoms with Crippen LogP contribution in [0.3, 0.4) is 0 Å². The molecule has 1 N–H and O–H groups in total. The third-order valence-electron chi connectivity index (χ3n) is 2.42. The van der Waals surface area contributed by atoms with Gasteiger partial charge in [0.2, 0.25) is 0 Å². The maximum atomic E-state index is 5.05. The van der Waals surface area contributed by atoms with E-state index < -0.39 is 0 Å². The summed E-state index contributed by atoms with van der Waals surface area (Å²) in [5.41, 5.74) is 1.12. The summed E-state index contributed by atoms with van der Waals surface area (Å²) < 4.78 is 5.05. The first-order valence-electron chi connectivity index (χ1n) is 5.58. The van der Waals surface area contributed by atoms with E-state index in [1.165, 1.54) is 0 Å². The predicted molar refractivity (Wildman–Crippen MR) is 69.4 cm³/mol. The molecule has 0 aromatic carbocycles. The Morgan fingerprint density at radius 2 is 2.38 bits per heavy atom. The zero-order valence-corrected chi connectivity index (χ0v) is 11.3. The first-order chi connectivity index (χ1) is 7.69. The van der Waals surface area contributed by atoms with Crippen LogP contribution in [0.5, 0.6) is 0 Å². The fourth-order valence-corrected chi connectivity index (χ4v) is 2.30. The molecule has 1 heterocycles. The van der Waals surface area contributed by atoms with Crippen molar-refractivity contribution >= 4 is 16.5 Å². The van der Waals surface area contributed by atoms with E-state index >= 15 is 0 Å². The van der Waals surface area contributed by atoms with Crippen LogP contribution in [0.1, 0.15) is 25.6 Å². The van der Waals surface area contributed by atoms with Crippen molar-refractivity contribution < 1.29 is 4.74 Å². The van der Waals surface area contributed by atoms with Gasteiger partial charge in [0.1, 0.15) is 0 Å². The number of anilines is 1. The summed E-state index contributed by atoms with van der Waals surface area (Å²) in [7, 11) is 3.76. The number of nitrogens with zero attached hydrogens (tertiary/aromatic N) is 2. The number of ether oxygens (including phenoxy) is 1. The van der Waals surface area contributed by atoms with Crippen molar-refractivity contribution in [1.29, 1.82) is 0 Å². The molecule has 0 amide bonds. The normalized spacial score (nSPS) is 12.8. The summed E-state index contributed by atoms with van der Waals surface area (Å²) in [6, 6.07) is 0.325. The Morgan fingerprint density at radius 3 is 3.00 bits per heavy atom. The van der Waals surface area contributed by atoms with E-state index in [0.29, 0.717) is 6.04 Å². The first-order valence-corrected chi connectivity index (χ1v) is 6.45. The molecular weight excluding hydrogens is 222 g/mol. The molecule has 1 aromatic heterocycles. The number of likely N-dealkylation sites (N-methyl/N-ethyl adjacent to an activating group) is 1. The minimum Gasteiger partial charge on any atom is -0.383 e. The van der Waals surface area contributed by atoms with E-state index in [9.17, 15) is 0 Å². The molecule has 1 aromatic rings. The lowest BCUT2D eigenvalue weighted by atomic mass is 10.3. The van der Waals surface area contributed by atoms with Crippen molar-refractivity contribution in [3.63, 3.8) is 0 Å².